The van der Waals surface area contributed by atoms with Crippen molar-refractivity contribution in [3.63, 3.8) is 0 Å². The molecule has 0 aliphatic rings. The number of hydrogen-bond donors (Lipinski definition) is 2. The van der Waals surface area contributed by atoms with Crippen LogP contribution in [0.5, 0.6) is 0 Å². The lowest BCUT2D eigenvalue weighted by molar-refractivity contribution is 0.112. The van der Waals surface area contributed by atoms with Crippen molar-refractivity contribution in [2.24, 2.45) is 0 Å². The molecule has 1 unspecified atom stereocenters. The molecule has 3 aromatic rings. The number of nitrogens with one attached hydrogen (secondary N) is 2. The lowest BCUT2D eigenvalue weighted by Crippen LogP contribution is -2.20. The van der Waals surface area contributed by atoms with E-state index < -0.39 is 0 Å². The minimum Gasteiger partial charge on any atom is -0.326 e. The number of aryl methyl sites for hydroxylation is 2. The zero-order chi connectivity index (χ0) is 20.5. The van der Waals surface area contributed by atoms with Crippen molar-refractivity contribution in [1.82, 2.24) is 10.3 Å². The zero-order valence-corrected chi connectivity index (χ0v) is 17.0. The van der Waals surface area contributed by atoms with E-state index in [2.05, 4.69) is 29.4 Å². The molecule has 1 atom stereocenters. The van der Waals surface area contributed by atoms with Crippen LogP contribution in [0.2, 0.25) is 0 Å². The maximum absolute atomic E-state index is 11.4. The van der Waals surface area contributed by atoms with Crippen molar-refractivity contribution in [2.75, 3.05) is 7.05 Å². The van der Waals surface area contributed by atoms with E-state index in [-0.39, 0.29) is 5.56 Å². The average molecular weight is 377 g/mol. The van der Waals surface area contributed by atoms with E-state index in [4.69, 9.17) is 0 Å². The van der Waals surface area contributed by atoms with Crippen LogP contribution in [-0.2, 0) is 6.54 Å². The third-order valence-electron chi connectivity index (χ3n) is 4.72. The van der Waals surface area contributed by atoms with Gasteiger partial charge in [0, 0.05) is 29.3 Å². The predicted molar refractivity (Wildman–Crippen MR) is 115 cm³/mol. The van der Waals surface area contributed by atoms with Crippen LogP contribution in [-0.4, -0.2) is 18.3 Å². The van der Waals surface area contributed by atoms with Crippen LogP contribution in [0.4, 0.5) is 0 Å². The number of carbonyl (C=O) groups is 1. The van der Waals surface area contributed by atoms with Gasteiger partial charge in [-0.3, -0.25) is 9.59 Å². The monoisotopic (exact) mass is 376 g/mol. The molecule has 0 bridgehead atoms. The average Bonchev–Trinajstić information content (AvgIpc) is 2.71. The fourth-order valence-electron chi connectivity index (χ4n) is 3.08. The molecule has 0 aliphatic heterocycles. The Morgan fingerprint density at radius 2 is 1.61 bits per heavy atom. The minimum atomic E-state index is 0.0156. The smallest absolute Gasteiger partial charge is 0.252 e. The quantitative estimate of drug-likeness (QED) is 0.650. The summed E-state index contributed by atoms with van der Waals surface area (Å²) in [6, 6.07) is 20.1. The highest BCUT2D eigenvalue weighted by Crippen LogP contribution is 2.23. The molecule has 0 radical (unpaired) electrons. The van der Waals surface area contributed by atoms with Gasteiger partial charge in [-0.2, -0.15) is 0 Å². The molecule has 1 heterocycles. The first-order chi connectivity index (χ1) is 13.5. The van der Waals surface area contributed by atoms with Crippen LogP contribution < -0.4 is 10.9 Å². The Morgan fingerprint density at radius 1 is 1.00 bits per heavy atom. The lowest BCUT2D eigenvalue weighted by atomic mass is 9.93. The molecule has 0 aliphatic carbocycles. The van der Waals surface area contributed by atoms with Gasteiger partial charge in [-0.05, 0) is 43.7 Å². The maximum atomic E-state index is 11.4. The third kappa shape index (κ3) is 5.76. The molecule has 2 N–H and O–H groups in total. The van der Waals surface area contributed by atoms with Gasteiger partial charge in [0.1, 0.15) is 6.29 Å². The Kier molecular flexibility index (Phi) is 7.90. The highest BCUT2D eigenvalue weighted by atomic mass is 16.1. The van der Waals surface area contributed by atoms with E-state index in [9.17, 15) is 9.59 Å². The van der Waals surface area contributed by atoms with Crippen molar-refractivity contribution in [1.29, 1.82) is 0 Å². The van der Waals surface area contributed by atoms with E-state index in [1.807, 2.05) is 69.4 Å². The first-order valence-corrected chi connectivity index (χ1v) is 9.40. The fourth-order valence-corrected chi connectivity index (χ4v) is 3.08. The number of aromatic amines is 1. The Labute approximate surface area is 166 Å². The molecule has 0 saturated carbocycles. The molecule has 4 nitrogen and oxygen atoms in total. The maximum Gasteiger partial charge on any atom is 0.252 e. The normalized spacial score (nSPS) is 11.3. The topological polar surface area (TPSA) is 62.0 Å². The molecule has 146 valence electrons. The van der Waals surface area contributed by atoms with Gasteiger partial charge in [-0.1, -0.05) is 61.5 Å². The summed E-state index contributed by atoms with van der Waals surface area (Å²) in [5.74, 6) is 0.363. The van der Waals surface area contributed by atoms with E-state index >= 15 is 0 Å². The first-order valence-electron chi connectivity index (χ1n) is 9.40. The van der Waals surface area contributed by atoms with E-state index in [1.54, 1.807) is 0 Å². The molecule has 2 aromatic carbocycles. The summed E-state index contributed by atoms with van der Waals surface area (Å²) in [5.41, 5.74) is 6.05. The summed E-state index contributed by atoms with van der Waals surface area (Å²) in [6.07, 6.45) is 0.872. The second-order valence-corrected chi connectivity index (χ2v) is 6.89. The molecule has 4 heteroatoms. The van der Waals surface area contributed by atoms with Crippen LogP contribution in [0.3, 0.4) is 0 Å². The number of benzene rings is 2. The number of aldehydes is 1. The van der Waals surface area contributed by atoms with Crippen molar-refractivity contribution < 1.29 is 4.79 Å². The van der Waals surface area contributed by atoms with Crippen LogP contribution in [0.25, 0.3) is 0 Å². The Morgan fingerprint density at radius 3 is 2.14 bits per heavy atom. The van der Waals surface area contributed by atoms with E-state index in [1.165, 1.54) is 11.1 Å². The SMILES string of the molecule is CC(c1ccccc1)c1ccc(C=O)cc1.CNCc1c(C)cc(C)[nH]c1=O. The number of hydrogen-bond acceptors (Lipinski definition) is 3. The highest BCUT2D eigenvalue weighted by Gasteiger charge is 2.07. The minimum absolute atomic E-state index is 0.0156. The summed E-state index contributed by atoms with van der Waals surface area (Å²) < 4.78 is 0. The van der Waals surface area contributed by atoms with Gasteiger partial charge in [0.25, 0.3) is 5.56 Å². The Bertz CT molecular complexity index is 945. The zero-order valence-electron chi connectivity index (χ0n) is 17.0. The van der Waals surface area contributed by atoms with Crippen molar-refractivity contribution in [3.8, 4) is 0 Å². The van der Waals surface area contributed by atoms with Crippen molar-refractivity contribution in [3.05, 3.63) is 105 Å². The van der Waals surface area contributed by atoms with Crippen molar-refractivity contribution in [2.45, 2.75) is 33.2 Å². The van der Waals surface area contributed by atoms with Gasteiger partial charge >= 0.3 is 0 Å². The largest absolute Gasteiger partial charge is 0.326 e. The molecule has 3 rings (SSSR count). The summed E-state index contributed by atoms with van der Waals surface area (Å²) >= 11 is 0. The summed E-state index contributed by atoms with van der Waals surface area (Å²) in [7, 11) is 1.83. The Hall–Kier alpha value is -2.98. The van der Waals surface area contributed by atoms with Gasteiger partial charge in [0.2, 0.25) is 0 Å². The van der Waals surface area contributed by atoms with Gasteiger partial charge in [-0.25, -0.2) is 0 Å². The van der Waals surface area contributed by atoms with Gasteiger partial charge in [0.05, 0.1) is 0 Å². The molecule has 28 heavy (non-hydrogen) atoms. The van der Waals surface area contributed by atoms with Crippen LogP contribution in [0.15, 0.2) is 65.5 Å². The van der Waals surface area contributed by atoms with E-state index in [0.29, 0.717) is 12.5 Å². The first kappa shape index (κ1) is 21.3. The predicted octanol–water partition coefficient (Wildman–Crippen LogP) is 4.36. The van der Waals surface area contributed by atoms with Gasteiger partial charge in [-0.15, -0.1) is 0 Å². The van der Waals surface area contributed by atoms with Crippen molar-refractivity contribution >= 4 is 6.29 Å². The fraction of sp³-hybridized carbons (Fsp3) is 0.250. The number of carbonyl (C=O) groups excluding carboxylic acids is 1. The number of rotatable bonds is 5. The summed E-state index contributed by atoms with van der Waals surface area (Å²) in [5, 5.41) is 2.97. The number of H-pyrrole nitrogens is 1. The second-order valence-electron chi connectivity index (χ2n) is 6.89. The van der Waals surface area contributed by atoms with Crippen LogP contribution in [0, 0.1) is 13.8 Å². The third-order valence-corrected chi connectivity index (χ3v) is 4.72. The van der Waals surface area contributed by atoms with Crippen LogP contribution in [0.1, 0.15) is 51.1 Å². The van der Waals surface area contributed by atoms with Gasteiger partial charge < -0.3 is 10.3 Å². The standard InChI is InChI=1S/C15H14O.C9H14N2O/c1-12(14-5-3-2-4-6-14)15-9-7-13(11-16)8-10-15;1-6-4-7(2)11-9(12)8(6)5-10-3/h2-12H,1H3;4,10H,5H2,1-3H3,(H,11,12). The molecule has 1 aromatic heterocycles. The summed E-state index contributed by atoms with van der Waals surface area (Å²) in [6.45, 7) is 6.64. The Balaban J connectivity index is 0.000000209. The molecule has 0 spiro atoms. The van der Waals surface area contributed by atoms with Gasteiger partial charge in [0.15, 0.2) is 0 Å². The number of aromatic nitrogens is 1. The van der Waals surface area contributed by atoms with Crippen LogP contribution >= 0.6 is 0 Å². The molecule has 0 saturated heterocycles. The molecular weight excluding hydrogens is 348 g/mol. The second kappa shape index (κ2) is 10.4. The number of pyridine rings is 1. The lowest BCUT2D eigenvalue weighted by Gasteiger charge is -2.12. The molecule has 0 amide bonds. The highest BCUT2D eigenvalue weighted by molar-refractivity contribution is 5.74. The summed E-state index contributed by atoms with van der Waals surface area (Å²) in [4.78, 5) is 24.7. The molecule has 0 fully saturated rings. The van der Waals surface area contributed by atoms with E-state index in [0.717, 1.165) is 28.7 Å². The molecular formula is C24H28N2O2.